The minimum absolute atomic E-state index is 0.0265. The first kappa shape index (κ1) is 24.8. The minimum atomic E-state index is -4.00. The van der Waals surface area contributed by atoms with Crippen molar-refractivity contribution in [1.82, 2.24) is 10.1 Å². The molecule has 0 spiro atoms. The predicted octanol–water partition coefficient (Wildman–Crippen LogP) is 6.16. The molecule has 0 bridgehead atoms. The Labute approximate surface area is 213 Å². The van der Waals surface area contributed by atoms with Gasteiger partial charge in [-0.1, -0.05) is 65.1 Å². The number of hydrazone groups is 1. The number of benzene rings is 3. The van der Waals surface area contributed by atoms with E-state index in [0.29, 0.717) is 34.3 Å². The normalized spacial score (nSPS) is 16.6. The summed E-state index contributed by atoms with van der Waals surface area (Å²) in [7, 11) is -4.00. The van der Waals surface area contributed by atoms with Crippen LogP contribution in [-0.2, 0) is 10.0 Å². The second kappa shape index (κ2) is 10.5. The predicted molar refractivity (Wildman–Crippen MR) is 137 cm³/mol. The Balaban J connectivity index is 1.64. The first-order valence-electron chi connectivity index (χ1n) is 10.5. The number of hydrogen-bond acceptors (Lipinski definition) is 5. The first-order chi connectivity index (χ1) is 16.3. The maximum atomic E-state index is 13.3. The Morgan fingerprint density at radius 2 is 1.79 bits per heavy atom. The van der Waals surface area contributed by atoms with Gasteiger partial charge in [-0.2, -0.15) is 9.82 Å². The lowest BCUT2D eigenvalue weighted by Crippen LogP contribution is -2.34. The molecule has 0 fully saturated rings. The second-order valence-corrected chi connectivity index (χ2v) is 10.6. The molecule has 6 nitrogen and oxygen atoms in total. The molecule has 0 aliphatic carbocycles. The molecule has 0 radical (unpaired) electrons. The van der Waals surface area contributed by atoms with Gasteiger partial charge < -0.3 is 10.2 Å². The van der Waals surface area contributed by atoms with Gasteiger partial charge in [0.05, 0.1) is 29.4 Å². The Hall–Kier alpha value is -2.29. The van der Waals surface area contributed by atoms with Crippen LogP contribution in [0.5, 0.6) is 5.75 Å². The fraction of sp³-hybridized carbons (Fsp3) is 0.208. The molecule has 0 aromatic heterocycles. The highest BCUT2D eigenvalue weighted by Crippen LogP contribution is 2.34. The van der Waals surface area contributed by atoms with Crippen molar-refractivity contribution in [3.8, 4) is 5.75 Å². The van der Waals surface area contributed by atoms with Crippen molar-refractivity contribution in [2.45, 2.75) is 30.3 Å². The molecule has 3 aromatic carbocycles. The fourth-order valence-electron chi connectivity index (χ4n) is 3.73. The van der Waals surface area contributed by atoms with Crippen molar-refractivity contribution in [3.63, 3.8) is 0 Å². The lowest BCUT2D eigenvalue weighted by molar-refractivity contribution is 0.340. The molecular weight excluding hydrogens is 517 g/mol. The lowest BCUT2D eigenvalue weighted by atomic mass is 9.96. The highest BCUT2D eigenvalue weighted by molar-refractivity contribution is 7.89. The molecule has 2 atom stereocenters. The van der Waals surface area contributed by atoms with Crippen LogP contribution in [0.4, 0.5) is 0 Å². The van der Waals surface area contributed by atoms with Crippen LogP contribution in [0.1, 0.15) is 36.6 Å². The molecule has 2 N–H and O–H groups in total. The van der Waals surface area contributed by atoms with Crippen LogP contribution in [-0.4, -0.2) is 20.7 Å². The number of sulfonamides is 1. The minimum Gasteiger partial charge on any atom is -0.494 e. The van der Waals surface area contributed by atoms with Gasteiger partial charge in [0.2, 0.25) is 10.0 Å². The van der Waals surface area contributed by atoms with Crippen LogP contribution >= 0.6 is 34.8 Å². The number of nitrogens with zero attached hydrogens (tertiary/aromatic N) is 1. The number of ether oxygens (including phenoxy) is 1. The Morgan fingerprint density at radius 1 is 1.06 bits per heavy atom. The van der Waals surface area contributed by atoms with Crippen molar-refractivity contribution in [2.24, 2.45) is 5.10 Å². The summed E-state index contributed by atoms with van der Waals surface area (Å²) < 4.78 is 34.8. The maximum absolute atomic E-state index is 13.3. The molecule has 1 aliphatic rings. The van der Waals surface area contributed by atoms with E-state index >= 15 is 0 Å². The standard InChI is InChI=1S/C24H22Cl3N3O3S/c1-2-33-17-10-7-15(8-11-17)21-14-22(29-28-21)24(18-12-9-16(25)13-20(18)27)30-34(31,32)23-6-4-3-5-19(23)26/h3-13,21,24,28,30H,2,14H2,1H3. The summed E-state index contributed by atoms with van der Waals surface area (Å²) in [5.41, 5.74) is 5.23. The highest BCUT2D eigenvalue weighted by atomic mass is 35.5. The van der Waals surface area contributed by atoms with Gasteiger partial charge in [0, 0.05) is 16.5 Å². The Bertz CT molecular complexity index is 1310. The second-order valence-electron chi connectivity index (χ2n) is 7.64. The van der Waals surface area contributed by atoms with Crippen molar-refractivity contribution in [2.75, 3.05) is 6.61 Å². The van der Waals surface area contributed by atoms with Gasteiger partial charge in [0.1, 0.15) is 10.6 Å². The Morgan fingerprint density at radius 3 is 2.47 bits per heavy atom. The zero-order chi connectivity index (χ0) is 24.3. The molecule has 1 heterocycles. The van der Waals surface area contributed by atoms with Crippen molar-refractivity contribution >= 4 is 50.5 Å². The molecule has 0 saturated heterocycles. The maximum Gasteiger partial charge on any atom is 0.242 e. The summed E-state index contributed by atoms with van der Waals surface area (Å²) in [6.45, 7) is 2.52. The lowest BCUT2D eigenvalue weighted by Gasteiger charge is -2.21. The van der Waals surface area contributed by atoms with E-state index < -0.39 is 16.1 Å². The van der Waals surface area contributed by atoms with Crippen LogP contribution in [0.2, 0.25) is 15.1 Å². The van der Waals surface area contributed by atoms with E-state index in [4.69, 9.17) is 39.5 Å². The summed E-state index contributed by atoms with van der Waals surface area (Å²) in [6, 6.07) is 17.9. The molecule has 0 amide bonds. The van der Waals surface area contributed by atoms with Gasteiger partial charge in [-0.3, -0.25) is 0 Å². The molecule has 3 aromatic rings. The largest absolute Gasteiger partial charge is 0.494 e. The SMILES string of the molecule is CCOc1ccc(C2CC(C(NS(=O)(=O)c3ccccc3Cl)c3ccc(Cl)cc3Cl)=NN2)cc1. The summed E-state index contributed by atoms with van der Waals surface area (Å²) in [5.74, 6) is 0.781. The summed E-state index contributed by atoms with van der Waals surface area (Å²) in [6.07, 6.45) is 0.461. The van der Waals surface area contributed by atoms with Gasteiger partial charge in [-0.25, -0.2) is 8.42 Å². The zero-order valence-electron chi connectivity index (χ0n) is 18.1. The molecule has 0 saturated carbocycles. The van der Waals surface area contributed by atoms with E-state index in [2.05, 4.69) is 15.2 Å². The van der Waals surface area contributed by atoms with Gasteiger partial charge in [-0.05, 0) is 54.4 Å². The van der Waals surface area contributed by atoms with Crippen LogP contribution in [0.15, 0.2) is 76.7 Å². The zero-order valence-corrected chi connectivity index (χ0v) is 21.2. The molecule has 10 heteroatoms. The average molecular weight is 539 g/mol. The first-order valence-corrected chi connectivity index (χ1v) is 13.2. The van der Waals surface area contributed by atoms with E-state index in [-0.39, 0.29) is 16.0 Å². The van der Waals surface area contributed by atoms with E-state index in [1.165, 1.54) is 12.1 Å². The summed E-state index contributed by atoms with van der Waals surface area (Å²) >= 11 is 18.7. The quantitative estimate of drug-likeness (QED) is 0.360. The molecule has 2 unspecified atom stereocenters. The van der Waals surface area contributed by atoms with Gasteiger partial charge >= 0.3 is 0 Å². The van der Waals surface area contributed by atoms with Crippen LogP contribution in [0.3, 0.4) is 0 Å². The number of rotatable bonds is 8. The number of hydrogen-bond donors (Lipinski definition) is 2. The molecular formula is C24H22Cl3N3O3S. The number of nitrogens with one attached hydrogen (secondary N) is 2. The third-order valence-corrected chi connectivity index (χ3v) is 7.86. The number of halogens is 3. The van der Waals surface area contributed by atoms with Crippen LogP contribution in [0, 0.1) is 0 Å². The van der Waals surface area contributed by atoms with Crippen LogP contribution in [0.25, 0.3) is 0 Å². The van der Waals surface area contributed by atoms with Crippen molar-refractivity contribution < 1.29 is 13.2 Å². The Kier molecular flexibility index (Phi) is 7.70. The molecule has 34 heavy (non-hydrogen) atoms. The third-order valence-electron chi connectivity index (χ3n) is 5.38. The fourth-order valence-corrected chi connectivity index (χ4v) is 5.97. The van der Waals surface area contributed by atoms with E-state index in [1.807, 2.05) is 31.2 Å². The van der Waals surface area contributed by atoms with E-state index in [9.17, 15) is 8.42 Å². The monoisotopic (exact) mass is 537 g/mol. The van der Waals surface area contributed by atoms with Crippen molar-refractivity contribution in [3.05, 3.63) is 92.9 Å². The summed E-state index contributed by atoms with van der Waals surface area (Å²) in [4.78, 5) is -0.0265. The smallest absolute Gasteiger partial charge is 0.242 e. The highest BCUT2D eigenvalue weighted by Gasteiger charge is 2.33. The third kappa shape index (κ3) is 5.50. The van der Waals surface area contributed by atoms with E-state index in [0.717, 1.165) is 11.3 Å². The van der Waals surface area contributed by atoms with Crippen LogP contribution < -0.4 is 14.9 Å². The van der Waals surface area contributed by atoms with Gasteiger partial charge in [0.25, 0.3) is 0 Å². The topological polar surface area (TPSA) is 79.8 Å². The molecule has 178 valence electrons. The molecule has 4 rings (SSSR count). The molecule has 1 aliphatic heterocycles. The van der Waals surface area contributed by atoms with Crippen molar-refractivity contribution in [1.29, 1.82) is 0 Å². The van der Waals surface area contributed by atoms with Gasteiger partial charge in [0.15, 0.2) is 0 Å². The van der Waals surface area contributed by atoms with Gasteiger partial charge in [-0.15, -0.1) is 0 Å². The summed E-state index contributed by atoms with van der Waals surface area (Å²) in [5, 5.41) is 5.37. The van der Waals surface area contributed by atoms with E-state index in [1.54, 1.807) is 30.3 Å². The average Bonchev–Trinajstić information content (AvgIpc) is 3.29.